The molecule has 17 aliphatic rings. The molecule has 56 heavy (non-hydrogen) atoms. The fourth-order valence-electron chi connectivity index (χ4n) is 22.3. The van der Waals surface area contributed by atoms with Gasteiger partial charge in [-0.15, -0.1) is 0 Å². The lowest BCUT2D eigenvalue weighted by atomic mass is 9.36. The first-order valence-corrected chi connectivity index (χ1v) is 24.6. The van der Waals surface area contributed by atoms with Crippen LogP contribution in [0.3, 0.4) is 0 Å². The van der Waals surface area contributed by atoms with Crippen molar-refractivity contribution in [2.75, 3.05) is 13.6 Å². The van der Waals surface area contributed by atoms with Crippen molar-refractivity contribution in [2.45, 2.75) is 96.4 Å². The maximum atomic E-state index is 3.06. The lowest BCUT2D eigenvalue weighted by Gasteiger charge is -2.65. The molecule has 19 unspecified atom stereocenters. The van der Waals surface area contributed by atoms with Gasteiger partial charge in [-0.2, -0.15) is 0 Å². The normalized spacial score (nSPS) is 54.4. The van der Waals surface area contributed by atoms with E-state index in [0.717, 1.165) is 71.0 Å². The van der Waals surface area contributed by atoms with E-state index < -0.39 is 0 Å². The van der Waals surface area contributed by atoms with Gasteiger partial charge in [-0.25, -0.2) is 0 Å². The van der Waals surface area contributed by atoms with Crippen molar-refractivity contribution in [1.29, 1.82) is 0 Å². The topological polar surface area (TPSA) is 3.24 Å². The van der Waals surface area contributed by atoms with Crippen LogP contribution in [0.5, 0.6) is 0 Å². The number of hydrogen-bond acceptors (Lipinski definition) is 1. The van der Waals surface area contributed by atoms with Crippen LogP contribution in [-0.2, 0) is 0 Å². The van der Waals surface area contributed by atoms with E-state index in [1.807, 2.05) is 39.0 Å². The Labute approximate surface area is 334 Å². The van der Waals surface area contributed by atoms with Gasteiger partial charge in [0.15, 0.2) is 0 Å². The molecule has 2 spiro atoms. The minimum atomic E-state index is 0.202. The van der Waals surface area contributed by atoms with Crippen LogP contribution >= 0.6 is 0 Å². The summed E-state index contributed by atoms with van der Waals surface area (Å²) in [4.78, 5) is 3.06. The minimum Gasteiger partial charge on any atom is -0.301 e. The Morgan fingerprint density at radius 1 is 0.625 bits per heavy atom. The molecule has 1 aliphatic heterocycles. The van der Waals surface area contributed by atoms with Gasteiger partial charge in [0.25, 0.3) is 0 Å². The second-order valence-corrected chi connectivity index (χ2v) is 23.1. The van der Waals surface area contributed by atoms with Gasteiger partial charge in [0.2, 0.25) is 0 Å². The number of likely N-dealkylation sites (tertiary alicyclic amines) is 1. The van der Waals surface area contributed by atoms with Gasteiger partial charge in [-0.3, -0.25) is 0 Å². The molecule has 1 heterocycles. The highest BCUT2D eigenvalue weighted by molar-refractivity contribution is 5.82. The highest BCUT2D eigenvalue weighted by atomic mass is 15.2. The quantitative estimate of drug-likeness (QED) is 0.191. The number of nitrogens with zero attached hydrogens (tertiary/aromatic N) is 1. The van der Waals surface area contributed by atoms with Crippen LogP contribution in [0.25, 0.3) is 0 Å². The SMILES string of the molecule is CCCCCCCCCCCCC1N(C)CC23C4=C5C=CC6C7C5=C2C2C5=C7C7C8C(=C9C=CC%10C%11CCC%12=C(C=C4)C13C1C%12C%11C3C(C5=C8C9C%103)C21)C=CC67. The van der Waals surface area contributed by atoms with Crippen molar-refractivity contribution >= 4 is 0 Å². The summed E-state index contributed by atoms with van der Waals surface area (Å²) in [5.41, 5.74) is 24.0. The van der Waals surface area contributed by atoms with Gasteiger partial charge in [0.05, 0.1) is 0 Å². The zero-order valence-electron chi connectivity index (χ0n) is 33.8. The summed E-state index contributed by atoms with van der Waals surface area (Å²) < 4.78 is 0. The first-order chi connectivity index (χ1) is 27.7. The third kappa shape index (κ3) is 2.63. The first kappa shape index (κ1) is 30.4. The van der Waals surface area contributed by atoms with E-state index in [0.29, 0.717) is 29.7 Å². The highest BCUT2D eigenvalue weighted by Crippen LogP contribution is 2.92. The van der Waals surface area contributed by atoms with Crippen LogP contribution < -0.4 is 0 Å². The van der Waals surface area contributed by atoms with Crippen LogP contribution in [0.15, 0.2) is 115 Å². The van der Waals surface area contributed by atoms with E-state index in [-0.39, 0.29) is 10.8 Å². The van der Waals surface area contributed by atoms with Crippen LogP contribution in [0.4, 0.5) is 0 Å². The van der Waals surface area contributed by atoms with Gasteiger partial charge < -0.3 is 4.90 Å². The minimum absolute atomic E-state index is 0.202. The third-order valence-corrected chi connectivity index (χ3v) is 22.5. The molecule has 0 aromatic carbocycles. The Morgan fingerprint density at radius 3 is 2.25 bits per heavy atom. The Kier molecular flexibility index (Phi) is 5.09. The van der Waals surface area contributed by atoms with Crippen LogP contribution in [-0.4, -0.2) is 24.5 Å². The monoisotopic (exact) mass is 733 g/mol. The summed E-state index contributed by atoms with van der Waals surface area (Å²) in [7, 11) is 2.64. The molecule has 16 aliphatic carbocycles. The number of fused-ring (bicyclic) bond motifs is 2. The molecule has 1 heteroatoms. The van der Waals surface area contributed by atoms with Gasteiger partial charge in [0, 0.05) is 47.1 Å². The van der Waals surface area contributed by atoms with E-state index in [1.54, 1.807) is 5.57 Å². The molecule has 0 aromatic heterocycles. The van der Waals surface area contributed by atoms with Gasteiger partial charge in [0.1, 0.15) is 0 Å². The van der Waals surface area contributed by atoms with Crippen molar-refractivity contribution in [2.24, 2.45) is 106 Å². The zero-order chi connectivity index (χ0) is 35.9. The van der Waals surface area contributed by atoms with E-state index >= 15 is 0 Å². The fourth-order valence-corrected chi connectivity index (χ4v) is 22.3. The molecule has 1 nitrogen and oxygen atoms in total. The van der Waals surface area contributed by atoms with E-state index in [2.05, 4.69) is 89.8 Å². The molecule has 1 saturated heterocycles. The van der Waals surface area contributed by atoms with Crippen LogP contribution in [0, 0.1) is 106 Å². The zero-order valence-corrected chi connectivity index (χ0v) is 33.8. The predicted octanol–water partition coefficient (Wildman–Crippen LogP) is 11.4. The predicted molar refractivity (Wildman–Crippen MR) is 222 cm³/mol. The van der Waals surface area contributed by atoms with Crippen LogP contribution in [0.2, 0.25) is 0 Å². The summed E-state index contributed by atoms with van der Waals surface area (Å²) in [6, 6.07) is 0.694. The summed E-state index contributed by atoms with van der Waals surface area (Å²) in [6.07, 6.45) is 41.2. The molecule has 7 fully saturated rings. The summed E-state index contributed by atoms with van der Waals surface area (Å²) in [5, 5.41) is 0. The van der Waals surface area contributed by atoms with Crippen LogP contribution in [0.1, 0.15) is 90.4 Å². The summed E-state index contributed by atoms with van der Waals surface area (Å²) >= 11 is 0. The number of allylic oxidation sites excluding steroid dienone is 17. The average molecular weight is 734 g/mol. The molecule has 284 valence electrons. The lowest BCUT2D eigenvalue weighted by Crippen LogP contribution is -2.64. The largest absolute Gasteiger partial charge is 0.301 e. The average Bonchev–Trinajstić information content (AvgIpc) is 4.05. The maximum Gasteiger partial charge on any atom is 0.0421 e. The van der Waals surface area contributed by atoms with E-state index in [1.165, 1.54) is 90.0 Å². The highest BCUT2D eigenvalue weighted by Gasteiger charge is 2.87. The molecular formula is C55H59N. The molecule has 6 saturated carbocycles. The number of unbranched alkanes of at least 4 members (excludes halogenated alkanes) is 9. The van der Waals surface area contributed by atoms with Gasteiger partial charge in [-0.1, -0.05) is 136 Å². The summed E-state index contributed by atoms with van der Waals surface area (Å²) in [5.74, 6) is 12.9. The van der Waals surface area contributed by atoms with Crippen molar-refractivity contribution in [3.63, 3.8) is 0 Å². The molecule has 19 atom stereocenters. The Morgan fingerprint density at radius 2 is 1.39 bits per heavy atom. The third-order valence-electron chi connectivity index (χ3n) is 22.5. The second kappa shape index (κ2) is 9.38. The molecule has 0 N–H and O–H groups in total. The molecule has 17 rings (SSSR count). The lowest BCUT2D eigenvalue weighted by molar-refractivity contribution is -0.103. The fraction of sp³-hybridized carbons (Fsp3) is 0.636. The van der Waals surface area contributed by atoms with Gasteiger partial charge >= 0.3 is 0 Å². The Hall–Kier alpha value is -2.64. The van der Waals surface area contributed by atoms with E-state index in [9.17, 15) is 0 Å². The number of rotatable bonds is 11. The molecule has 0 radical (unpaired) electrons. The molecule has 0 bridgehead atoms. The van der Waals surface area contributed by atoms with Crippen molar-refractivity contribution in [1.82, 2.24) is 4.90 Å². The Bertz CT molecular complexity index is 2390. The van der Waals surface area contributed by atoms with E-state index in [4.69, 9.17) is 0 Å². The van der Waals surface area contributed by atoms with Gasteiger partial charge in [-0.05, 0) is 147 Å². The van der Waals surface area contributed by atoms with Crippen molar-refractivity contribution in [3.8, 4) is 0 Å². The second-order valence-electron chi connectivity index (χ2n) is 23.1. The molecular weight excluding hydrogens is 675 g/mol. The first-order valence-electron chi connectivity index (χ1n) is 24.6. The van der Waals surface area contributed by atoms with Crippen molar-refractivity contribution < 1.29 is 0 Å². The Balaban J connectivity index is 0.899. The standard InChI is InChI=1S/C55H59N/c1-3-4-5-6-7-8-9-10-11-12-13-35-55-34-23-22-33-31-20-18-29-27-16-14-25-26-15-17-28-30-19-21-32(34)43-41(30)46-39(28)37(26)44-36(25)38(27)45-40(29)42(31)52(54(33,55)24-56(35)2)50-48(45)47(44)49(46)51(50)53(43)55/h14-18,20,22-23,27-30,35-41,43,46,49-51,53H,3-13,19,21,24H2,1-2H3. The molecule has 0 aromatic rings. The maximum absolute atomic E-state index is 3.06. The summed E-state index contributed by atoms with van der Waals surface area (Å²) in [6.45, 7) is 3.64. The number of hydrogen-bond donors (Lipinski definition) is 0. The molecule has 0 amide bonds. The smallest absolute Gasteiger partial charge is 0.0421 e. The van der Waals surface area contributed by atoms with Crippen molar-refractivity contribution in [3.05, 3.63) is 115 Å².